The smallest absolute Gasteiger partial charge is 0.385 e. The third-order valence-electron chi connectivity index (χ3n) is 8.18. The predicted molar refractivity (Wildman–Crippen MR) is 163 cm³/mol. The number of hydrogen-bond acceptors (Lipinski definition) is 9. The fraction of sp³-hybridized carbons (Fsp3) is 0.323. The second kappa shape index (κ2) is 11.7. The van der Waals surface area contributed by atoms with E-state index in [-0.39, 0.29) is 23.7 Å². The minimum Gasteiger partial charge on any atom is -0.385 e. The highest BCUT2D eigenvalue weighted by molar-refractivity contribution is 6.03. The van der Waals surface area contributed by atoms with Gasteiger partial charge in [0.2, 0.25) is 11.8 Å². The molecule has 1 saturated carbocycles. The molecule has 2 aliphatic rings. The van der Waals surface area contributed by atoms with E-state index < -0.39 is 0 Å². The number of aromatic nitrogens is 5. The highest BCUT2D eigenvalue weighted by Crippen LogP contribution is 2.45. The van der Waals surface area contributed by atoms with Gasteiger partial charge in [-0.05, 0) is 63.0 Å². The molecule has 0 spiro atoms. The first-order valence-corrected chi connectivity index (χ1v) is 14.3. The molecule has 4 heterocycles. The molecule has 1 aliphatic heterocycles. The zero-order valence-electron chi connectivity index (χ0n) is 24.2. The topological polar surface area (TPSA) is 165 Å². The summed E-state index contributed by atoms with van der Waals surface area (Å²) >= 11 is 0. The number of rotatable bonds is 7. The number of nitrogens with zero attached hydrogens (tertiary/aromatic N) is 7. The maximum atomic E-state index is 12.7. The molecule has 5 N–H and O–H groups in total. The lowest BCUT2D eigenvalue weighted by Gasteiger charge is -2.18. The third kappa shape index (κ3) is 5.73. The maximum Gasteiger partial charge on any atom is 0.392 e. The summed E-state index contributed by atoms with van der Waals surface area (Å²) in [5.41, 5.74) is 9.58. The van der Waals surface area contributed by atoms with Crippen LogP contribution in [-0.2, 0) is 9.53 Å². The molecule has 0 bridgehead atoms. The standard InChI is InChI=1S/C31H34N10O2/c1-39(2)13-5-7-25(42)40-16-21-14-23(15-22(21)17-40)41-31-26(28(32)36-18-37-31)27(38-41)19-8-10-20(11-9-19)29(33)43-30(34)24-6-3-4-12-35-24/h3-12,18,21-23,33-34H,13-17H2,1-2H3,(H2,32,36,37)/p+1/b7-5+,33-29?,34-30?. The van der Waals surface area contributed by atoms with Gasteiger partial charge in [0.1, 0.15) is 17.8 Å². The van der Waals surface area contributed by atoms with E-state index in [9.17, 15) is 4.79 Å². The quantitative estimate of drug-likeness (QED) is 0.169. The van der Waals surface area contributed by atoms with Crippen LogP contribution in [0.25, 0.3) is 22.3 Å². The SMILES string of the molecule is CN(C)C/C=C/C(=O)N1CC2CC(n3nc(-c4ccc(C(=N)OC(=[NH2+])c5ccccn5)cc4)c4c(N)ncnc43)CC2C1. The van der Waals surface area contributed by atoms with Crippen LogP contribution in [0.1, 0.15) is 30.1 Å². The van der Waals surface area contributed by atoms with Crippen molar-refractivity contribution in [3.8, 4) is 11.3 Å². The Kier molecular flexibility index (Phi) is 7.68. The average Bonchev–Trinajstić information content (AvgIpc) is 3.70. The monoisotopic (exact) mass is 579 g/mol. The molecule has 4 aromatic rings. The largest absolute Gasteiger partial charge is 0.392 e. The lowest BCUT2D eigenvalue weighted by Crippen LogP contribution is -2.43. The number of anilines is 1. The molecule has 0 radical (unpaired) electrons. The number of likely N-dealkylation sites (tertiary alicyclic amines) is 1. The van der Waals surface area contributed by atoms with Gasteiger partial charge >= 0.3 is 5.90 Å². The van der Waals surface area contributed by atoms with Gasteiger partial charge < -0.3 is 20.3 Å². The van der Waals surface area contributed by atoms with Crippen molar-refractivity contribution in [1.82, 2.24) is 34.5 Å². The van der Waals surface area contributed by atoms with Crippen LogP contribution in [0.2, 0.25) is 0 Å². The predicted octanol–water partition coefficient (Wildman–Crippen LogP) is 1.55. The fourth-order valence-corrected chi connectivity index (χ4v) is 6.08. The van der Waals surface area contributed by atoms with Crippen molar-refractivity contribution in [2.45, 2.75) is 18.9 Å². The van der Waals surface area contributed by atoms with Gasteiger partial charge in [0, 0.05) is 43.0 Å². The molecule has 3 aromatic heterocycles. The lowest BCUT2D eigenvalue weighted by molar-refractivity contribution is -0.131. The molecular formula is C31H35N10O2+. The van der Waals surface area contributed by atoms with Gasteiger partial charge in [0.25, 0.3) is 0 Å². The van der Waals surface area contributed by atoms with E-state index in [1.165, 1.54) is 6.33 Å². The number of nitrogen functional groups attached to an aromatic ring is 1. The van der Waals surface area contributed by atoms with Crippen LogP contribution in [0, 0.1) is 17.2 Å². The van der Waals surface area contributed by atoms with Crippen molar-refractivity contribution < 1.29 is 14.9 Å². The molecule has 1 aromatic carbocycles. The molecule has 12 nitrogen and oxygen atoms in total. The third-order valence-corrected chi connectivity index (χ3v) is 8.18. The van der Waals surface area contributed by atoms with E-state index >= 15 is 0 Å². The molecule has 6 rings (SSSR count). The molecule has 2 fully saturated rings. The van der Waals surface area contributed by atoms with Crippen molar-refractivity contribution in [2.24, 2.45) is 11.8 Å². The molecule has 12 heteroatoms. The molecule has 1 aliphatic carbocycles. The first-order chi connectivity index (χ1) is 20.8. The number of fused-ring (bicyclic) bond motifs is 2. The normalized spacial score (nSPS) is 19.8. The molecule has 43 heavy (non-hydrogen) atoms. The Morgan fingerprint density at radius 1 is 1.12 bits per heavy atom. The van der Waals surface area contributed by atoms with Gasteiger partial charge in [-0.15, -0.1) is 0 Å². The summed E-state index contributed by atoms with van der Waals surface area (Å²) in [5.74, 6) is 1.24. The number of hydrogen-bond donors (Lipinski definition) is 3. The second-order valence-corrected chi connectivity index (χ2v) is 11.4. The first kappa shape index (κ1) is 28.2. The Hall–Kier alpha value is -4.97. The molecule has 2 unspecified atom stereocenters. The minimum absolute atomic E-state index is 0.0546. The summed E-state index contributed by atoms with van der Waals surface area (Å²) < 4.78 is 7.53. The number of benzene rings is 1. The van der Waals surface area contributed by atoms with Crippen molar-refractivity contribution in [3.05, 3.63) is 78.4 Å². The highest BCUT2D eigenvalue weighted by atomic mass is 16.5. The van der Waals surface area contributed by atoms with Gasteiger partial charge in [-0.25, -0.2) is 25.0 Å². The van der Waals surface area contributed by atoms with E-state index in [1.54, 1.807) is 42.6 Å². The molecular weight excluding hydrogens is 544 g/mol. The van der Waals surface area contributed by atoms with Crippen LogP contribution in [0.4, 0.5) is 5.82 Å². The summed E-state index contributed by atoms with van der Waals surface area (Å²) in [6, 6.07) is 12.8. The van der Waals surface area contributed by atoms with Crippen LogP contribution in [-0.4, -0.2) is 86.0 Å². The summed E-state index contributed by atoms with van der Waals surface area (Å²) in [6.07, 6.45) is 8.52. The number of carbonyl (C=O) groups is 1. The molecule has 1 amide bonds. The zero-order valence-corrected chi connectivity index (χ0v) is 24.2. The Morgan fingerprint density at radius 3 is 2.53 bits per heavy atom. The fourth-order valence-electron chi connectivity index (χ4n) is 6.08. The van der Waals surface area contributed by atoms with Crippen LogP contribution in [0.3, 0.4) is 0 Å². The first-order valence-electron chi connectivity index (χ1n) is 14.3. The Balaban J connectivity index is 1.19. The van der Waals surface area contributed by atoms with Crippen LogP contribution >= 0.6 is 0 Å². The van der Waals surface area contributed by atoms with Crippen molar-refractivity contribution in [1.29, 1.82) is 5.41 Å². The van der Waals surface area contributed by atoms with E-state index in [2.05, 4.69) is 15.0 Å². The van der Waals surface area contributed by atoms with Crippen LogP contribution in [0.15, 0.2) is 67.1 Å². The Labute approximate surface area is 249 Å². The summed E-state index contributed by atoms with van der Waals surface area (Å²) in [4.78, 5) is 29.7. The Morgan fingerprint density at radius 2 is 1.86 bits per heavy atom. The number of pyridine rings is 1. The van der Waals surface area contributed by atoms with Crippen LogP contribution in [0.5, 0.6) is 0 Å². The summed E-state index contributed by atoms with van der Waals surface area (Å²) in [7, 11) is 3.96. The van der Waals surface area contributed by atoms with E-state index in [4.69, 9.17) is 26.4 Å². The number of carbonyl (C=O) groups excluding carboxylic acids is 1. The molecule has 2 atom stereocenters. The van der Waals surface area contributed by atoms with Gasteiger partial charge in [0.05, 0.1) is 11.4 Å². The van der Waals surface area contributed by atoms with E-state index in [0.717, 1.165) is 38.0 Å². The molecule has 1 saturated heterocycles. The average molecular weight is 580 g/mol. The number of nitrogens with two attached hydrogens (primary N) is 2. The number of nitrogens with one attached hydrogen (secondary N) is 1. The van der Waals surface area contributed by atoms with E-state index in [1.807, 2.05) is 46.8 Å². The number of likely N-dealkylation sites (N-methyl/N-ethyl adjacent to an activating group) is 1. The van der Waals surface area contributed by atoms with Crippen molar-refractivity contribution >= 4 is 34.6 Å². The van der Waals surface area contributed by atoms with Gasteiger partial charge in [-0.2, -0.15) is 5.10 Å². The Bertz CT molecular complexity index is 1680. The second-order valence-electron chi connectivity index (χ2n) is 11.4. The van der Waals surface area contributed by atoms with Crippen molar-refractivity contribution in [2.75, 3.05) is 39.5 Å². The van der Waals surface area contributed by atoms with Gasteiger partial charge in [0.15, 0.2) is 11.3 Å². The maximum absolute atomic E-state index is 12.7. The molecule has 220 valence electrons. The highest BCUT2D eigenvalue weighted by Gasteiger charge is 2.43. The van der Waals surface area contributed by atoms with Crippen molar-refractivity contribution in [3.63, 3.8) is 0 Å². The zero-order chi connectivity index (χ0) is 30.1. The minimum atomic E-state index is -0.0915. The lowest BCUT2D eigenvalue weighted by atomic mass is 10.0. The number of ether oxygens (including phenoxy) is 1. The van der Waals surface area contributed by atoms with E-state index in [0.29, 0.717) is 45.6 Å². The van der Waals surface area contributed by atoms with Gasteiger partial charge in [-0.1, -0.05) is 24.3 Å². The van der Waals surface area contributed by atoms with Crippen LogP contribution < -0.4 is 11.1 Å². The van der Waals surface area contributed by atoms with Gasteiger partial charge in [-0.3, -0.25) is 10.2 Å². The summed E-state index contributed by atoms with van der Waals surface area (Å²) in [6.45, 7) is 2.26. The number of amides is 1. The summed E-state index contributed by atoms with van der Waals surface area (Å²) in [5, 5.41) is 20.1.